The summed E-state index contributed by atoms with van der Waals surface area (Å²) < 4.78 is 52.1. The minimum Gasteiger partial charge on any atom is -0.324 e. The molecular weight excluding hydrogens is 270 g/mol. The van der Waals surface area contributed by atoms with Crippen LogP contribution in [0.15, 0.2) is 12.1 Å². The normalized spacial score (nSPS) is 13.7. The number of nitrogens with two attached hydrogens (primary N) is 1. The van der Waals surface area contributed by atoms with Crippen LogP contribution in [0, 0.1) is 5.82 Å². The van der Waals surface area contributed by atoms with Crippen LogP contribution in [-0.4, -0.2) is 0 Å². The van der Waals surface area contributed by atoms with Crippen molar-refractivity contribution in [3.05, 3.63) is 34.1 Å². The number of hydrogen-bond acceptors (Lipinski definition) is 1. The second-order valence-electron chi connectivity index (χ2n) is 4.07. The lowest BCUT2D eigenvalue weighted by molar-refractivity contribution is -0.138. The van der Waals surface area contributed by atoms with Crippen molar-refractivity contribution < 1.29 is 17.6 Å². The van der Waals surface area contributed by atoms with Crippen molar-refractivity contribution in [3.63, 3.8) is 0 Å². The predicted octanol–water partition coefficient (Wildman–Crippen LogP) is 4.69. The standard InChI is InChI=1S/C12H14ClF4N/c1-2-3-4-9(18)10-7(12(15,16)17)5-6-8(13)11(10)14/h5-6,9H,2-4,18H2,1H3/t9-/m0/s1. The topological polar surface area (TPSA) is 26.0 Å². The van der Waals surface area contributed by atoms with Crippen molar-refractivity contribution in [2.45, 2.75) is 38.4 Å². The molecule has 1 atom stereocenters. The molecule has 0 aliphatic carbocycles. The van der Waals surface area contributed by atoms with Crippen LogP contribution in [0.1, 0.15) is 43.4 Å². The van der Waals surface area contributed by atoms with Crippen LogP contribution in [0.25, 0.3) is 0 Å². The maximum absolute atomic E-state index is 13.8. The summed E-state index contributed by atoms with van der Waals surface area (Å²) >= 11 is 5.52. The van der Waals surface area contributed by atoms with E-state index in [-0.39, 0.29) is 11.4 Å². The molecule has 0 aliphatic heterocycles. The van der Waals surface area contributed by atoms with Crippen molar-refractivity contribution in [3.8, 4) is 0 Å². The van der Waals surface area contributed by atoms with Gasteiger partial charge in [-0.05, 0) is 18.6 Å². The summed E-state index contributed by atoms with van der Waals surface area (Å²) in [5.41, 5.74) is 4.06. The summed E-state index contributed by atoms with van der Waals surface area (Å²) in [6.07, 6.45) is -2.94. The van der Waals surface area contributed by atoms with E-state index >= 15 is 0 Å². The fourth-order valence-electron chi connectivity index (χ4n) is 1.74. The smallest absolute Gasteiger partial charge is 0.324 e. The van der Waals surface area contributed by atoms with Gasteiger partial charge in [-0.15, -0.1) is 0 Å². The fourth-order valence-corrected chi connectivity index (χ4v) is 1.91. The van der Waals surface area contributed by atoms with Crippen LogP contribution in [0.4, 0.5) is 17.6 Å². The van der Waals surface area contributed by atoms with E-state index in [1.54, 1.807) is 0 Å². The third-order valence-electron chi connectivity index (χ3n) is 2.68. The van der Waals surface area contributed by atoms with Gasteiger partial charge in [-0.25, -0.2) is 4.39 Å². The monoisotopic (exact) mass is 283 g/mol. The van der Waals surface area contributed by atoms with Gasteiger partial charge in [0.15, 0.2) is 0 Å². The molecule has 0 aromatic heterocycles. The highest BCUT2D eigenvalue weighted by molar-refractivity contribution is 6.30. The van der Waals surface area contributed by atoms with Gasteiger partial charge in [-0.1, -0.05) is 31.4 Å². The van der Waals surface area contributed by atoms with Crippen molar-refractivity contribution >= 4 is 11.6 Å². The predicted molar refractivity (Wildman–Crippen MR) is 62.9 cm³/mol. The number of hydrogen-bond donors (Lipinski definition) is 1. The molecule has 0 amide bonds. The first kappa shape index (κ1) is 15.2. The molecule has 1 aromatic carbocycles. The molecular formula is C12H14ClF4N. The van der Waals surface area contributed by atoms with E-state index in [0.29, 0.717) is 6.42 Å². The first-order chi connectivity index (χ1) is 8.29. The van der Waals surface area contributed by atoms with Crippen LogP contribution < -0.4 is 5.73 Å². The lowest BCUT2D eigenvalue weighted by Gasteiger charge is -2.19. The van der Waals surface area contributed by atoms with Gasteiger partial charge >= 0.3 is 6.18 Å². The van der Waals surface area contributed by atoms with E-state index in [1.807, 2.05) is 6.92 Å². The Morgan fingerprint density at radius 2 is 1.94 bits per heavy atom. The summed E-state index contributed by atoms with van der Waals surface area (Å²) in [5, 5.41) is -0.343. The molecule has 2 N–H and O–H groups in total. The molecule has 0 unspecified atom stereocenters. The zero-order valence-corrected chi connectivity index (χ0v) is 10.6. The molecule has 1 rings (SSSR count). The average Bonchev–Trinajstić information content (AvgIpc) is 2.27. The fraction of sp³-hybridized carbons (Fsp3) is 0.500. The molecule has 0 saturated carbocycles. The van der Waals surface area contributed by atoms with E-state index in [0.717, 1.165) is 18.6 Å². The molecule has 0 saturated heterocycles. The number of unbranched alkanes of at least 4 members (excludes halogenated alkanes) is 1. The Morgan fingerprint density at radius 3 is 2.44 bits per heavy atom. The largest absolute Gasteiger partial charge is 0.416 e. The van der Waals surface area contributed by atoms with E-state index in [2.05, 4.69) is 0 Å². The summed E-state index contributed by atoms with van der Waals surface area (Å²) in [7, 11) is 0. The molecule has 0 radical (unpaired) electrons. The van der Waals surface area contributed by atoms with Gasteiger partial charge in [-0.2, -0.15) is 13.2 Å². The Labute approximate surface area is 108 Å². The van der Waals surface area contributed by atoms with Crippen LogP contribution in [0.2, 0.25) is 5.02 Å². The van der Waals surface area contributed by atoms with Crippen LogP contribution in [-0.2, 0) is 6.18 Å². The molecule has 1 aromatic rings. The van der Waals surface area contributed by atoms with Gasteiger partial charge in [-0.3, -0.25) is 0 Å². The molecule has 0 aliphatic rings. The molecule has 0 bridgehead atoms. The molecule has 0 heterocycles. The van der Waals surface area contributed by atoms with Crippen LogP contribution >= 0.6 is 11.6 Å². The highest BCUT2D eigenvalue weighted by Crippen LogP contribution is 2.38. The first-order valence-electron chi connectivity index (χ1n) is 5.59. The number of alkyl halides is 3. The molecule has 102 valence electrons. The Kier molecular flexibility index (Phi) is 4.99. The summed E-state index contributed by atoms with van der Waals surface area (Å²) in [4.78, 5) is 0. The molecule has 1 nitrogen and oxygen atoms in total. The lowest BCUT2D eigenvalue weighted by atomic mass is 9.96. The van der Waals surface area contributed by atoms with E-state index in [9.17, 15) is 17.6 Å². The maximum Gasteiger partial charge on any atom is 0.416 e. The Hall–Kier alpha value is -0.810. The second-order valence-corrected chi connectivity index (χ2v) is 4.48. The van der Waals surface area contributed by atoms with Crippen molar-refractivity contribution in [1.82, 2.24) is 0 Å². The van der Waals surface area contributed by atoms with Crippen molar-refractivity contribution in [1.29, 1.82) is 0 Å². The number of halogens is 5. The quantitative estimate of drug-likeness (QED) is 0.797. The molecule has 18 heavy (non-hydrogen) atoms. The number of benzene rings is 1. The highest BCUT2D eigenvalue weighted by atomic mass is 35.5. The minimum atomic E-state index is -4.63. The van der Waals surface area contributed by atoms with Crippen molar-refractivity contribution in [2.75, 3.05) is 0 Å². The number of rotatable bonds is 4. The third-order valence-corrected chi connectivity index (χ3v) is 2.97. The highest BCUT2D eigenvalue weighted by Gasteiger charge is 2.36. The molecule has 0 fully saturated rings. The Morgan fingerprint density at radius 1 is 1.33 bits per heavy atom. The Balaban J connectivity index is 3.25. The van der Waals surface area contributed by atoms with Gasteiger partial charge < -0.3 is 5.73 Å². The minimum absolute atomic E-state index is 0.289. The first-order valence-corrected chi connectivity index (χ1v) is 5.97. The summed E-state index contributed by atoms with van der Waals surface area (Å²) in [6.45, 7) is 1.88. The van der Waals surface area contributed by atoms with E-state index in [1.165, 1.54) is 0 Å². The summed E-state index contributed by atoms with van der Waals surface area (Å²) in [6, 6.07) is 0.669. The summed E-state index contributed by atoms with van der Waals surface area (Å²) in [5.74, 6) is -1.07. The van der Waals surface area contributed by atoms with Gasteiger partial charge in [0, 0.05) is 11.6 Å². The maximum atomic E-state index is 13.8. The van der Waals surface area contributed by atoms with Gasteiger partial charge in [0.05, 0.1) is 10.6 Å². The average molecular weight is 284 g/mol. The SMILES string of the molecule is CCCC[C@H](N)c1c(C(F)(F)F)ccc(Cl)c1F. The zero-order valence-electron chi connectivity index (χ0n) is 9.82. The van der Waals surface area contributed by atoms with Gasteiger partial charge in [0.25, 0.3) is 0 Å². The van der Waals surface area contributed by atoms with Gasteiger partial charge in [0.2, 0.25) is 0 Å². The van der Waals surface area contributed by atoms with Crippen LogP contribution in [0.3, 0.4) is 0 Å². The molecule has 6 heteroatoms. The van der Waals surface area contributed by atoms with Gasteiger partial charge in [0.1, 0.15) is 5.82 Å². The Bertz CT molecular complexity index is 417. The third kappa shape index (κ3) is 3.36. The zero-order chi connectivity index (χ0) is 13.9. The molecule has 0 spiro atoms. The van der Waals surface area contributed by atoms with Crippen LogP contribution in [0.5, 0.6) is 0 Å². The van der Waals surface area contributed by atoms with Crippen molar-refractivity contribution in [2.24, 2.45) is 5.73 Å². The lowest BCUT2D eigenvalue weighted by Crippen LogP contribution is -2.19. The van der Waals surface area contributed by atoms with E-state index in [4.69, 9.17) is 17.3 Å². The second kappa shape index (κ2) is 5.89. The van der Waals surface area contributed by atoms with E-state index < -0.39 is 29.2 Å².